The number of carbonyl (C=O) groups is 2. The molecule has 168 valence electrons. The first-order chi connectivity index (χ1) is 14.7. The quantitative estimate of drug-likeness (QED) is 0.503. The van der Waals surface area contributed by atoms with Crippen molar-refractivity contribution in [2.75, 3.05) is 38.5 Å². The summed E-state index contributed by atoms with van der Waals surface area (Å²) in [7, 11) is 0.460. The minimum Gasteiger partial charge on any atom is -0.497 e. The molecule has 0 saturated carbocycles. The molecule has 0 aliphatic rings. The van der Waals surface area contributed by atoms with Crippen LogP contribution >= 0.6 is 0 Å². The Morgan fingerprint density at radius 1 is 0.871 bits per heavy atom. The van der Waals surface area contributed by atoms with E-state index in [-0.39, 0.29) is 29.5 Å². The van der Waals surface area contributed by atoms with Gasteiger partial charge in [-0.1, -0.05) is 0 Å². The van der Waals surface area contributed by atoms with Crippen molar-refractivity contribution < 1.29 is 32.2 Å². The second-order valence-corrected chi connectivity index (χ2v) is 8.07. The number of nitrogens with one attached hydrogen (secondary N) is 3. The van der Waals surface area contributed by atoms with E-state index in [1.165, 1.54) is 46.5 Å². The third kappa shape index (κ3) is 6.59. The van der Waals surface area contributed by atoms with Gasteiger partial charge in [0.15, 0.2) is 11.5 Å². The largest absolute Gasteiger partial charge is 0.497 e. The van der Waals surface area contributed by atoms with E-state index in [4.69, 9.17) is 14.2 Å². The summed E-state index contributed by atoms with van der Waals surface area (Å²) in [6.45, 7) is 1.21. The zero-order valence-electron chi connectivity index (χ0n) is 17.6. The summed E-state index contributed by atoms with van der Waals surface area (Å²) < 4.78 is 42.7. The Bertz CT molecular complexity index is 1050. The highest BCUT2D eigenvalue weighted by molar-refractivity contribution is 7.89. The number of ether oxygens (including phenoxy) is 3. The molecule has 3 N–H and O–H groups in total. The summed E-state index contributed by atoms with van der Waals surface area (Å²) in [6, 6.07) is 8.97. The lowest BCUT2D eigenvalue weighted by atomic mass is 10.2. The SMILES string of the molecule is COc1ccc(NC(C)=O)c(NC(=O)CCNS(=O)(=O)c2ccc(OC)c(OC)c2)c1. The third-order valence-corrected chi connectivity index (χ3v) is 5.58. The van der Waals surface area contributed by atoms with Crippen molar-refractivity contribution in [1.29, 1.82) is 0 Å². The fourth-order valence-corrected chi connectivity index (χ4v) is 3.68. The average molecular weight is 452 g/mol. The van der Waals surface area contributed by atoms with E-state index in [1.54, 1.807) is 18.2 Å². The van der Waals surface area contributed by atoms with Crippen LogP contribution in [0.15, 0.2) is 41.3 Å². The summed E-state index contributed by atoms with van der Waals surface area (Å²) in [6.07, 6.45) is -0.136. The molecule has 0 bridgehead atoms. The van der Waals surface area contributed by atoms with Crippen molar-refractivity contribution in [3.05, 3.63) is 36.4 Å². The highest BCUT2D eigenvalue weighted by Crippen LogP contribution is 2.29. The van der Waals surface area contributed by atoms with Crippen LogP contribution in [0.4, 0.5) is 11.4 Å². The normalized spacial score (nSPS) is 10.8. The fourth-order valence-electron chi connectivity index (χ4n) is 2.63. The molecule has 0 unspecified atom stereocenters. The van der Waals surface area contributed by atoms with Crippen LogP contribution in [-0.4, -0.2) is 48.1 Å². The molecule has 0 atom stereocenters. The second-order valence-electron chi connectivity index (χ2n) is 6.31. The van der Waals surface area contributed by atoms with E-state index in [0.29, 0.717) is 22.9 Å². The van der Waals surface area contributed by atoms with Gasteiger partial charge in [0.2, 0.25) is 21.8 Å². The average Bonchev–Trinajstić information content (AvgIpc) is 2.73. The molecule has 0 aromatic heterocycles. The predicted octanol–water partition coefficient (Wildman–Crippen LogP) is 1.98. The molecule has 2 aromatic carbocycles. The molecule has 2 rings (SSSR count). The number of carbonyl (C=O) groups excluding carboxylic acids is 2. The summed E-state index contributed by atoms with van der Waals surface area (Å²) in [5, 5.41) is 5.25. The van der Waals surface area contributed by atoms with Gasteiger partial charge in [0.05, 0.1) is 37.6 Å². The first-order valence-corrected chi connectivity index (χ1v) is 10.7. The van der Waals surface area contributed by atoms with Crippen LogP contribution in [0.2, 0.25) is 0 Å². The number of rotatable bonds is 10. The van der Waals surface area contributed by atoms with Crippen molar-refractivity contribution in [1.82, 2.24) is 4.72 Å². The maximum absolute atomic E-state index is 12.5. The van der Waals surface area contributed by atoms with Gasteiger partial charge in [-0.15, -0.1) is 0 Å². The summed E-state index contributed by atoms with van der Waals surface area (Å²) in [5.74, 6) is 0.400. The number of sulfonamides is 1. The number of hydrogen-bond acceptors (Lipinski definition) is 7. The monoisotopic (exact) mass is 451 g/mol. The molecule has 10 nitrogen and oxygen atoms in total. The zero-order chi connectivity index (χ0) is 23.0. The molecular formula is C20H25N3O7S. The smallest absolute Gasteiger partial charge is 0.240 e. The van der Waals surface area contributed by atoms with Gasteiger partial charge in [-0.3, -0.25) is 9.59 Å². The maximum Gasteiger partial charge on any atom is 0.240 e. The Balaban J connectivity index is 2.03. The van der Waals surface area contributed by atoms with Gasteiger partial charge in [0.1, 0.15) is 5.75 Å². The van der Waals surface area contributed by atoms with Crippen LogP contribution in [0.5, 0.6) is 17.2 Å². The lowest BCUT2D eigenvalue weighted by Crippen LogP contribution is -2.28. The molecule has 0 radical (unpaired) electrons. The van der Waals surface area contributed by atoms with Gasteiger partial charge in [-0.05, 0) is 24.3 Å². The molecular weight excluding hydrogens is 426 g/mol. The highest BCUT2D eigenvalue weighted by Gasteiger charge is 2.17. The van der Waals surface area contributed by atoms with E-state index in [2.05, 4.69) is 15.4 Å². The topological polar surface area (TPSA) is 132 Å². The van der Waals surface area contributed by atoms with Crippen molar-refractivity contribution in [2.45, 2.75) is 18.2 Å². The Hall–Kier alpha value is -3.31. The predicted molar refractivity (Wildman–Crippen MR) is 115 cm³/mol. The Kier molecular flexibility index (Phi) is 8.22. The molecule has 0 fully saturated rings. The van der Waals surface area contributed by atoms with Gasteiger partial charge in [-0.2, -0.15) is 0 Å². The zero-order valence-corrected chi connectivity index (χ0v) is 18.5. The van der Waals surface area contributed by atoms with Crippen LogP contribution in [0.25, 0.3) is 0 Å². The molecule has 0 aliphatic heterocycles. The van der Waals surface area contributed by atoms with Crippen molar-refractivity contribution in [3.8, 4) is 17.2 Å². The van der Waals surface area contributed by atoms with Crippen molar-refractivity contribution in [3.63, 3.8) is 0 Å². The highest BCUT2D eigenvalue weighted by atomic mass is 32.2. The van der Waals surface area contributed by atoms with Crippen LogP contribution in [0, 0.1) is 0 Å². The number of amides is 2. The Morgan fingerprint density at radius 2 is 1.58 bits per heavy atom. The minimum absolute atomic E-state index is 0.0219. The molecule has 0 aliphatic carbocycles. The summed E-state index contributed by atoms with van der Waals surface area (Å²) in [4.78, 5) is 23.7. The molecule has 0 spiro atoms. The number of anilines is 2. The molecule has 2 aromatic rings. The van der Waals surface area contributed by atoms with E-state index in [9.17, 15) is 18.0 Å². The number of methoxy groups -OCH3 is 3. The third-order valence-electron chi connectivity index (χ3n) is 4.12. The van der Waals surface area contributed by atoms with E-state index in [1.807, 2.05) is 0 Å². The van der Waals surface area contributed by atoms with Crippen LogP contribution in [0.1, 0.15) is 13.3 Å². The van der Waals surface area contributed by atoms with Gasteiger partial charge < -0.3 is 24.8 Å². The van der Waals surface area contributed by atoms with E-state index in [0.717, 1.165) is 0 Å². The number of benzene rings is 2. The van der Waals surface area contributed by atoms with Gasteiger partial charge in [0, 0.05) is 32.0 Å². The molecule has 11 heteroatoms. The Morgan fingerprint density at radius 3 is 2.19 bits per heavy atom. The molecule has 0 heterocycles. The Labute approximate surface area is 180 Å². The first kappa shape index (κ1) is 24.0. The van der Waals surface area contributed by atoms with Crippen molar-refractivity contribution >= 4 is 33.2 Å². The standard InChI is InChI=1S/C20H25N3O7S/c1-13(24)22-16-7-5-14(28-2)11-17(16)23-20(25)9-10-21-31(26,27)15-6-8-18(29-3)19(12-15)30-4/h5-8,11-12,21H,9-10H2,1-4H3,(H,22,24)(H,23,25). The van der Waals surface area contributed by atoms with Gasteiger partial charge >= 0.3 is 0 Å². The van der Waals surface area contributed by atoms with Crippen LogP contribution in [-0.2, 0) is 19.6 Å². The lowest BCUT2D eigenvalue weighted by molar-refractivity contribution is -0.116. The summed E-state index contributed by atoms with van der Waals surface area (Å²) >= 11 is 0. The van der Waals surface area contributed by atoms with Gasteiger partial charge in [0.25, 0.3) is 0 Å². The molecule has 0 saturated heterocycles. The minimum atomic E-state index is -3.86. The maximum atomic E-state index is 12.5. The van der Waals surface area contributed by atoms with Crippen LogP contribution in [0.3, 0.4) is 0 Å². The first-order valence-electron chi connectivity index (χ1n) is 9.17. The van der Waals surface area contributed by atoms with Crippen molar-refractivity contribution in [2.24, 2.45) is 0 Å². The molecule has 2 amide bonds. The van der Waals surface area contributed by atoms with E-state index < -0.39 is 15.9 Å². The molecule has 31 heavy (non-hydrogen) atoms. The second kappa shape index (κ2) is 10.6. The fraction of sp³-hybridized carbons (Fsp3) is 0.300. The van der Waals surface area contributed by atoms with Crippen LogP contribution < -0.4 is 29.6 Å². The lowest BCUT2D eigenvalue weighted by Gasteiger charge is -2.13. The number of hydrogen-bond donors (Lipinski definition) is 3. The van der Waals surface area contributed by atoms with Gasteiger partial charge in [-0.25, -0.2) is 13.1 Å². The summed E-state index contributed by atoms with van der Waals surface area (Å²) in [5.41, 5.74) is 0.731. The van der Waals surface area contributed by atoms with E-state index >= 15 is 0 Å².